The highest BCUT2D eigenvalue weighted by molar-refractivity contribution is 5.82. The summed E-state index contributed by atoms with van der Waals surface area (Å²) >= 11 is 0. The van der Waals surface area contributed by atoms with Gasteiger partial charge in [-0.3, -0.25) is 9.59 Å². The number of benzene rings is 2. The second-order valence-electron chi connectivity index (χ2n) is 9.31. The molecule has 2 aliphatic rings. The summed E-state index contributed by atoms with van der Waals surface area (Å²) in [6, 6.07) is 13.2. The predicted octanol–water partition coefficient (Wildman–Crippen LogP) is 4.07. The van der Waals surface area contributed by atoms with Crippen LogP contribution in [0.5, 0.6) is 5.75 Å². The molecule has 9 heteroatoms. The Labute approximate surface area is 208 Å². The van der Waals surface area contributed by atoms with Crippen molar-refractivity contribution in [3.8, 4) is 34.7 Å². The molecule has 5 rings (SSSR count). The molecule has 0 saturated carbocycles. The predicted molar refractivity (Wildman–Crippen MR) is 129 cm³/mol. The van der Waals surface area contributed by atoms with Gasteiger partial charge in [-0.05, 0) is 55.5 Å². The molecule has 2 unspecified atom stereocenters. The molecule has 0 N–H and O–H groups in total. The number of ether oxygens (including phenoxy) is 2. The van der Waals surface area contributed by atoms with Crippen molar-refractivity contribution in [2.75, 3.05) is 13.7 Å². The first kappa shape index (κ1) is 23.5. The smallest absolute Gasteiger partial charge is 0.307 e. The maximum absolute atomic E-state index is 12.7. The minimum Gasteiger partial charge on any atom is -0.490 e. The van der Waals surface area contributed by atoms with E-state index in [0.717, 1.165) is 23.1 Å². The van der Waals surface area contributed by atoms with Crippen LogP contribution in [0.15, 0.2) is 40.9 Å². The summed E-state index contributed by atoms with van der Waals surface area (Å²) in [5.41, 5.74) is 4.03. The molecule has 0 radical (unpaired) electrons. The summed E-state index contributed by atoms with van der Waals surface area (Å²) < 4.78 is 16.0. The number of nitriles is 1. The van der Waals surface area contributed by atoms with E-state index in [1.165, 1.54) is 7.11 Å². The highest BCUT2D eigenvalue weighted by Gasteiger charge is 2.46. The molecular weight excluding hydrogens is 460 g/mol. The number of likely N-dealkylation sites (tertiary alicyclic amines) is 1. The average Bonchev–Trinajstić information content (AvgIpc) is 3.56. The van der Waals surface area contributed by atoms with Crippen LogP contribution >= 0.6 is 0 Å². The quantitative estimate of drug-likeness (QED) is 0.459. The molecule has 2 atom stereocenters. The first-order chi connectivity index (χ1) is 17.4. The standard InChI is InChI=1S/C27H26N4O5/c1-15(2)35-22-8-7-16(11-18(22)14-28)27-29-26(30-36-27)20-6-4-5-19-21(20)12-17-13-23(32)31(25(17)19)10-9-24(33)34-3/h4-8,11,15,17,25H,9-10,12-13H2,1-3H3. The first-order valence-corrected chi connectivity index (χ1v) is 11.9. The maximum Gasteiger partial charge on any atom is 0.307 e. The number of esters is 1. The molecule has 1 fully saturated rings. The van der Waals surface area contributed by atoms with Crippen LogP contribution in [0.1, 0.15) is 49.4 Å². The molecule has 2 heterocycles. The molecule has 1 saturated heterocycles. The lowest BCUT2D eigenvalue weighted by molar-refractivity contribution is -0.141. The zero-order chi connectivity index (χ0) is 25.4. The first-order valence-electron chi connectivity index (χ1n) is 11.9. The number of hydrogen-bond acceptors (Lipinski definition) is 8. The van der Waals surface area contributed by atoms with Gasteiger partial charge in [0.15, 0.2) is 0 Å². The van der Waals surface area contributed by atoms with Crippen LogP contribution in [-0.4, -0.2) is 46.7 Å². The van der Waals surface area contributed by atoms with Crippen molar-refractivity contribution in [3.63, 3.8) is 0 Å². The van der Waals surface area contributed by atoms with E-state index in [1.807, 2.05) is 32.0 Å². The van der Waals surface area contributed by atoms with E-state index in [2.05, 4.69) is 16.2 Å². The van der Waals surface area contributed by atoms with Crippen LogP contribution in [0.4, 0.5) is 0 Å². The molecule has 36 heavy (non-hydrogen) atoms. The zero-order valence-electron chi connectivity index (χ0n) is 20.4. The summed E-state index contributed by atoms with van der Waals surface area (Å²) in [5, 5.41) is 13.8. The molecule has 184 valence electrons. The monoisotopic (exact) mass is 486 g/mol. The molecular formula is C27H26N4O5. The van der Waals surface area contributed by atoms with Crippen LogP contribution in [0.25, 0.3) is 22.8 Å². The number of aromatic nitrogens is 2. The highest BCUT2D eigenvalue weighted by atomic mass is 16.5. The number of nitrogens with zero attached hydrogens (tertiary/aromatic N) is 4. The van der Waals surface area contributed by atoms with Crippen LogP contribution in [-0.2, 0) is 20.7 Å². The Balaban J connectivity index is 1.43. The van der Waals surface area contributed by atoms with Crippen molar-refractivity contribution >= 4 is 11.9 Å². The number of amides is 1. The van der Waals surface area contributed by atoms with Gasteiger partial charge < -0.3 is 18.9 Å². The van der Waals surface area contributed by atoms with E-state index in [0.29, 0.717) is 41.6 Å². The van der Waals surface area contributed by atoms with Gasteiger partial charge in [0.1, 0.15) is 11.8 Å². The third-order valence-electron chi connectivity index (χ3n) is 6.70. The van der Waals surface area contributed by atoms with Gasteiger partial charge in [-0.15, -0.1) is 0 Å². The lowest BCUT2D eigenvalue weighted by atomic mass is 10.0. The fourth-order valence-electron chi connectivity index (χ4n) is 5.18. The molecule has 3 aromatic rings. The van der Waals surface area contributed by atoms with Crippen molar-refractivity contribution in [1.29, 1.82) is 5.26 Å². The Kier molecular flexibility index (Phi) is 6.18. The van der Waals surface area contributed by atoms with Crippen molar-refractivity contribution in [2.24, 2.45) is 5.92 Å². The van der Waals surface area contributed by atoms with Gasteiger partial charge in [0.2, 0.25) is 11.7 Å². The zero-order valence-corrected chi connectivity index (χ0v) is 20.4. The fourth-order valence-corrected chi connectivity index (χ4v) is 5.18. The molecule has 2 aromatic carbocycles. The molecule has 0 spiro atoms. The fraction of sp³-hybridized carbons (Fsp3) is 0.370. The lowest BCUT2D eigenvalue weighted by Gasteiger charge is -2.25. The minimum absolute atomic E-state index is 0.0516. The Morgan fingerprint density at radius 1 is 1.28 bits per heavy atom. The number of rotatable bonds is 7. The van der Waals surface area contributed by atoms with Gasteiger partial charge in [-0.25, -0.2) is 0 Å². The van der Waals surface area contributed by atoms with E-state index < -0.39 is 0 Å². The number of hydrogen-bond donors (Lipinski definition) is 0. The van der Waals surface area contributed by atoms with Crippen molar-refractivity contribution in [2.45, 2.75) is 45.3 Å². The summed E-state index contributed by atoms with van der Waals surface area (Å²) in [6.45, 7) is 4.14. The normalized spacial score (nSPS) is 18.2. The van der Waals surface area contributed by atoms with Crippen LogP contribution in [0.3, 0.4) is 0 Å². The summed E-state index contributed by atoms with van der Waals surface area (Å²) in [6.07, 6.45) is 1.28. The molecule has 1 aliphatic heterocycles. The molecule has 9 nitrogen and oxygen atoms in total. The number of methoxy groups -OCH3 is 1. The van der Waals surface area contributed by atoms with Crippen molar-refractivity contribution in [3.05, 3.63) is 53.1 Å². The number of fused-ring (bicyclic) bond motifs is 3. The van der Waals surface area contributed by atoms with Gasteiger partial charge in [-0.2, -0.15) is 10.2 Å². The van der Waals surface area contributed by atoms with Gasteiger partial charge in [-0.1, -0.05) is 23.4 Å². The molecule has 1 aromatic heterocycles. The molecule has 0 bridgehead atoms. The van der Waals surface area contributed by atoms with Gasteiger partial charge in [0.25, 0.3) is 5.89 Å². The molecule has 1 amide bonds. The van der Waals surface area contributed by atoms with Crippen LogP contribution in [0, 0.1) is 17.2 Å². The van der Waals surface area contributed by atoms with E-state index in [1.54, 1.807) is 23.1 Å². The van der Waals surface area contributed by atoms with E-state index >= 15 is 0 Å². The second kappa shape index (κ2) is 9.46. The molecule has 1 aliphatic carbocycles. The summed E-state index contributed by atoms with van der Waals surface area (Å²) in [7, 11) is 1.35. The van der Waals surface area contributed by atoms with Gasteiger partial charge in [0.05, 0.1) is 31.2 Å². The van der Waals surface area contributed by atoms with Crippen molar-refractivity contribution in [1.82, 2.24) is 15.0 Å². The second-order valence-corrected chi connectivity index (χ2v) is 9.31. The van der Waals surface area contributed by atoms with Crippen molar-refractivity contribution < 1.29 is 23.6 Å². The average molecular weight is 487 g/mol. The number of carbonyl (C=O) groups excluding carboxylic acids is 2. The van der Waals surface area contributed by atoms with E-state index in [9.17, 15) is 14.9 Å². The third kappa shape index (κ3) is 4.19. The Hall–Kier alpha value is -4.19. The Morgan fingerprint density at radius 2 is 2.11 bits per heavy atom. The lowest BCUT2D eigenvalue weighted by Crippen LogP contribution is -2.30. The number of carbonyl (C=O) groups is 2. The van der Waals surface area contributed by atoms with E-state index in [-0.39, 0.29) is 36.4 Å². The van der Waals surface area contributed by atoms with Gasteiger partial charge in [0, 0.05) is 24.1 Å². The van der Waals surface area contributed by atoms with Gasteiger partial charge >= 0.3 is 5.97 Å². The topological polar surface area (TPSA) is 119 Å². The summed E-state index contributed by atoms with van der Waals surface area (Å²) in [4.78, 5) is 30.7. The maximum atomic E-state index is 12.7. The third-order valence-corrected chi connectivity index (χ3v) is 6.70. The Bertz CT molecular complexity index is 1370. The largest absolute Gasteiger partial charge is 0.490 e. The van der Waals surface area contributed by atoms with Crippen LogP contribution in [0.2, 0.25) is 0 Å². The SMILES string of the molecule is COC(=O)CCN1C(=O)CC2Cc3c(-c4noc(-c5ccc(OC(C)C)c(C#N)c5)n4)cccc3C21. The highest BCUT2D eigenvalue weighted by Crippen LogP contribution is 2.49. The van der Waals surface area contributed by atoms with E-state index in [4.69, 9.17) is 14.0 Å². The minimum atomic E-state index is -0.332. The Morgan fingerprint density at radius 3 is 2.86 bits per heavy atom. The summed E-state index contributed by atoms with van der Waals surface area (Å²) in [5.74, 6) is 1.14. The van der Waals surface area contributed by atoms with Crippen LogP contribution < -0.4 is 4.74 Å².